The van der Waals surface area contributed by atoms with Crippen molar-refractivity contribution in [1.29, 1.82) is 0 Å². The van der Waals surface area contributed by atoms with Crippen LogP contribution in [0.25, 0.3) is 0 Å². The summed E-state index contributed by atoms with van der Waals surface area (Å²) in [5.41, 5.74) is 2.45. The highest BCUT2D eigenvalue weighted by atomic mass is 16.4. The molecular weight excluding hydrogens is 270 g/mol. The SMILES string of the molecule is Cc1cc(C(=O)N2CCCc3cc(C(=O)O)ccc32)co1. The molecular formula is C16H15NO4. The van der Waals surface area contributed by atoms with Crippen molar-refractivity contribution >= 4 is 17.6 Å². The Bertz CT molecular complexity index is 717. The first-order valence-electron chi connectivity index (χ1n) is 6.79. The number of benzene rings is 1. The highest BCUT2D eigenvalue weighted by molar-refractivity contribution is 6.06. The van der Waals surface area contributed by atoms with Crippen LogP contribution in [-0.2, 0) is 6.42 Å². The molecule has 0 bridgehead atoms. The summed E-state index contributed by atoms with van der Waals surface area (Å²) in [4.78, 5) is 25.3. The van der Waals surface area contributed by atoms with Gasteiger partial charge in [-0.3, -0.25) is 4.79 Å². The average molecular weight is 285 g/mol. The summed E-state index contributed by atoms with van der Waals surface area (Å²) < 4.78 is 5.19. The van der Waals surface area contributed by atoms with E-state index in [2.05, 4.69) is 0 Å². The molecule has 5 heteroatoms. The number of nitrogens with zero attached hydrogens (tertiary/aromatic N) is 1. The van der Waals surface area contributed by atoms with Crippen LogP contribution in [0, 0.1) is 6.92 Å². The summed E-state index contributed by atoms with van der Waals surface area (Å²) in [5, 5.41) is 9.05. The number of rotatable bonds is 2. The van der Waals surface area contributed by atoms with E-state index < -0.39 is 5.97 Å². The van der Waals surface area contributed by atoms with E-state index in [0.29, 0.717) is 17.9 Å². The van der Waals surface area contributed by atoms with Crippen LogP contribution in [0.4, 0.5) is 5.69 Å². The van der Waals surface area contributed by atoms with Crippen LogP contribution in [0.15, 0.2) is 34.9 Å². The van der Waals surface area contributed by atoms with E-state index in [1.807, 2.05) is 0 Å². The van der Waals surface area contributed by atoms with Crippen LogP contribution in [0.1, 0.15) is 38.5 Å². The van der Waals surface area contributed by atoms with Crippen molar-refractivity contribution in [3.8, 4) is 0 Å². The monoisotopic (exact) mass is 285 g/mol. The molecule has 1 aromatic carbocycles. The van der Waals surface area contributed by atoms with Gasteiger partial charge in [0.1, 0.15) is 12.0 Å². The van der Waals surface area contributed by atoms with Gasteiger partial charge in [0, 0.05) is 12.2 Å². The highest BCUT2D eigenvalue weighted by Crippen LogP contribution is 2.29. The van der Waals surface area contributed by atoms with Crippen molar-refractivity contribution in [1.82, 2.24) is 0 Å². The molecule has 5 nitrogen and oxygen atoms in total. The van der Waals surface area contributed by atoms with Crippen molar-refractivity contribution in [3.05, 3.63) is 53.0 Å². The lowest BCUT2D eigenvalue weighted by molar-refractivity contribution is 0.0696. The number of furan rings is 1. The van der Waals surface area contributed by atoms with Gasteiger partial charge in [0.15, 0.2) is 0 Å². The Morgan fingerprint density at radius 3 is 2.71 bits per heavy atom. The second-order valence-electron chi connectivity index (χ2n) is 5.16. The molecule has 0 aliphatic carbocycles. The van der Waals surface area contributed by atoms with Crippen molar-refractivity contribution in [2.75, 3.05) is 11.4 Å². The number of aryl methyl sites for hydroxylation is 2. The second kappa shape index (κ2) is 5.09. The molecule has 21 heavy (non-hydrogen) atoms. The lowest BCUT2D eigenvalue weighted by Crippen LogP contribution is -2.35. The molecule has 0 unspecified atom stereocenters. The molecule has 1 aliphatic rings. The van der Waals surface area contributed by atoms with E-state index in [1.54, 1.807) is 30.0 Å². The molecule has 0 spiro atoms. The van der Waals surface area contributed by atoms with Gasteiger partial charge in [-0.25, -0.2) is 4.79 Å². The molecule has 0 fully saturated rings. The number of fused-ring (bicyclic) bond motifs is 1. The van der Waals surface area contributed by atoms with Crippen LogP contribution in [0.3, 0.4) is 0 Å². The van der Waals surface area contributed by atoms with Crippen LogP contribution in [-0.4, -0.2) is 23.5 Å². The lowest BCUT2D eigenvalue weighted by Gasteiger charge is -2.29. The van der Waals surface area contributed by atoms with Gasteiger partial charge in [-0.2, -0.15) is 0 Å². The second-order valence-corrected chi connectivity index (χ2v) is 5.16. The number of hydrogen-bond donors (Lipinski definition) is 1. The number of anilines is 1. The van der Waals surface area contributed by atoms with Gasteiger partial charge in [-0.15, -0.1) is 0 Å². The van der Waals surface area contributed by atoms with Gasteiger partial charge in [0.2, 0.25) is 0 Å². The maximum atomic E-state index is 12.5. The average Bonchev–Trinajstić information content (AvgIpc) is 2.91. The highest BCUT2D eigenvalue weighted by Gasteiger charge is 2.25. The third-order valence-electron chi connectivity index (χ3n) is 3.67. The maximum absolute atomic E-state index is 12.5. The minimum atomic E-state index is -0.952. The standard InChI is InChI=1S/C16H15NO4/c1-10-7-13(9-21-10)15(18)17-6-2-3-11-8-12(16(19)20)4-5-14(11)17/h4-5,7-9H,2-3,6H2,1H3,(H,19,20). The first-order chi connectivity index (χ1) is 10.1. The van der Waals surface area contributed by atoms with Crippen LogP contribution in [0.5, 0.6) is 0 Å². The van der Waals surface area contributed by atoms with Crippen LogP contribution >= 0.6 is 0 Å². The Kier molecular flexibility index (Phi) is 3.25. The van der Waals surface area contributed by atoms with Gasteiger partial charge in [-0.05, 0) is 49.6 Å². The fraction of sp³-hybridized carbons (Fsp3) is 0.250. The van der Waals surface area contributed by atoms with Crippen LogP contribution < -0.4 is 4.90 Å². The zero-order chi connectivity index (χ0) is 15.0. The number of carbonyl (C=O) groups is 2. The predicted molar refractivity (Wildman–Crippen MR) is 76.8 cm³/mol. The third kappa shape index (κ3) is 2.42. The Balaban J connectivity index is 1.97. The number of carbonyl (C=O) groups excluding carboxylic acids is 1. The molecule has 0 saturated heterocycles. The van der Waals surface area contributed by atoms with Gasteiger partial charge in [0.25, 0.3) is 5.91 Å². The largest absolute Gasteiger partial charge is 0.478 e. The molecule has 0 radical (unpaired) electrons. The van der Waals surface area contributed by atoms with E-state index in [1.165, 1.54) is 12.3 Å². The Morgan fingerprint density at radius 1 is 1.24 bits per heavy atom. The summed E-state index contributed by atoms with van der Waals surface area (Å²) in [6.45, 7) is 2.42. The first-order valence-corrected chi connectivity index (χ1v) is 6.79. The Hall–Kier alpha value is -2.56. The van der Waals surface area contributed by atoms with E-state index >= 15 is 0 Å². The van der Waals surface area contributed by atoms with E-state index in [-0.39, 0.29) is 11.5 Å². The zero-order valence-electron chi connectivity index (χ0n) is 11.6. The minimum absolute atomic E-state index is 0.115. The van der Waals surface area contributed by atoms with Crippen molar-refractivity contribution < 1.29 is 19.1 Å². The Morgan fingerprint density at radius 2 is 2.05 bits per heavy atom. The van der Waals surface area contributed by atoms with Crippen molar-refractivity contribution in [2.24, 2.45) is 0 Å². The minimum Gasteiger partial charge on any atom is -0.478 e. The molecule has 3 rings (SSSR count). The van der Waals surface area contributed by atoms with Crippen LogP contribution in [0.2, 0.25) is 0 Å². The maximum Gasteiger partial charge on any atom is 0.335 e. The number of amides is 1. The fourth-order valence-corrected chi connectivity index (χ4v) is 2.65. The first kappa shape index (κ1) is 13.4. The smallest absolute Gasteiger partial charge is 0.335 e. The molecule has 2 heterocycles. The number of carboxylic acids is 1. The van der Waals surface area contributed by atoms with E-state index in [4.69, 9.17) is 9.52 Å². The van der Waals surface area contributed by atoms with Gasteiger partial charge < -0.3 is 14.4 Å². The predicted octanol–water partition coefficient (Wildman–Crippen LogP) is 2.88. The molecule has 2 aromatic rings. The molecule has 108 valence electrons. The summed E-state index contributed by atoms with van der Waals surface area (Å²) in [7, 11) is 0. The topological polar surface area (TPSA) is 70.8 Å². The van der Waals surface area contributed by atoms with Gasteiger partial charge in [0.05, 0.1) is 11.1 Å². The fourth-order valence-electron chi connectivity index (χ4n) is 2.65. The third-order valence-corrected chi connectivity index (χ3v) is 3.67. The summed E-state index contributed by atoms with van der Waals surface area (Å²) in [5.74, 6) is -0.376. The molecule has 1 amide bonds. The molecule has 0 atom stereocenters. The summed E-state index contributed by atoms with van der Waals surface area (Å²) >= 11 is 0. The van der Waals surface area contributed by atoms with Crippen molar-refractivity contribution in [3.63, 3.8) is 0 Å². The number of aromatic carboxylic acids is 1. The normalized spacial score (nSPS) is 13.9. The zero-order valence-corrected chi connectivity index (χ0v) is 11.6. The molecule has 1 aliphatic heterocycles. The molecule has 0 saturated carbocycles. The molecule has 1 N–H and O–H groups in total. The van der Waals surface area contributed by atoms with E-state index in [9.17, 15) is 9.59 Å². The van der Waals surface area contributed by atoms with Crippen molar-refractivity contribution in [2.45, 2.75) is 19.8 Å². The van der Waals surface area contributed by atoms with Gasteiger partial charge >= 0.3 is 5.97 Å². The number of hydrogen-bond acceptors (Lipinski definition) is 3. The van der Waals surface area contributed by atoms with E-state index in [0.717, 1.165) is 24.1 Å². The quantitative estimate of drug-likeness (QED) is 0.921. The summed E-state index contributed by atoms with van der Waals surface area (Å²) in [6.07, 6.45) is 3.06. The van der Waals surface area contributed by atoms with Gasteiger partial charge in [-0.1, -0.05) is 0 Å². The molecule has 1 aromatic heterocycles. The lowest BCUT2D eigenvalue weighted by atomic mass is 9.98. The Labute approximate surface area is 121 Å². The summed E-state index contributed by atoms with van der Waals surface area (Å²) in [6, 6.07) is 6.61. The number of carboxylic acid groups (broad SMARTS) is 1.